The van der Waals surface area contributed by atoms with Crippen LogP contribution < -0.4 is 5.32 Å². The van der Waals surface area contributed by atoms with E-state index in [4.69, 9.17) is 4.74 Å². The maximum Gasteiger partial charge on any atom is 0.334 e. The Kier molecular flexibility index (Phi) is 4.82. The second-order valence-electron chi connectivity index (χ2n) is 5.87. The number of anilines is 1. The van der Waals surface area contributed by atoms with Gasteiger partial charge in [-0.15, -0.1) is 0 Å². The molecule has 2 rings (SSSR count). The fourth-order valence-corrected chi connectivity index (χ4v) is 2.91. The summed E-state index contributed by atoms with van der Waals surface area (Å²) in [6, 6.07) is 0. The first-order valence-corrected chi connectivity index (χ1v) is 7.52. The zero-order chi connectivity index (χ0) is 15.6. The van der Waals surface area contributed by atoms with Crippen LogP contribution in [0.25, 0.3) is 0 Å². The lowest BCUT2D eigenvalue weighted by Gasteiger charge is -2.17. The van der Waals surface area contributed by atoms with Gasteiger partial charge in [0.05, 0.1) is 11.0 Å². The Morgan fingerprint density at radius 3 is 2.86 bits per heavy atom. The molecule has 1 aliphatic rings. The minimum atomic E-state index is -0.340. The van der Waals surface area contributed by atoms with Crippen LogP contribution in [0.2, 0.25) is 0 Å². The number of aromatic nitrogens is 2. The van der Waals surface area contributed by atoms with E-state index in [1.165, 1.54) is 0 Å². The molecule has 0 radical (unpaired) electrons. The van der Waals surface area contributed by atoms with Crippen LogP contribution in [-0.4, -0.2) is 34.0 Å². The molecule has 1 N–H and O–H groups in total. The van der Waals surface area contributed by atoms with E-state index in [1.54, 1.807) is 11.7 Å². The van der Waals surface area contributed by atoms with Crippen molar-refractivity contribution in [2.75, 3.05) is 18.5 Å². The van der Waals surface area contributed by atoms with Gasteiger partial charge in [-0.25, -0.2) is 4.68 Å². The van der Waals surface area contributed by atoms with Crippen molar-refractivity contribution in [2.45, 2.75) is 45.6 Å². The molecule has 118 valence electrons. The molecule has 0 aromatic carbocycles. The molecule has 1 aromatic heterocycles. The monoisotopic (exact) mass is 296 g/mol. The zero-order valence-corrected chi connectivity index (χ0v) is 13.1. The first-order valence-electron chi connectivity index (χ1n) is 7.52. The standard InChI is InChI=1S/C14H24N4O3/c1-5-11-10(6-7-21-11)8-15-14-13(18(19)20)12(9(2)3)16-17(14)4/h9-11,15H,5-8H2,1-4H3. The molecule has 7 nitrogen and oxygen atoms in total. The highest BCUT2D eigenvalue weighted by Crippen LogP contribution is 2.33. The molecule has 0 spiro atoms. The van der Waals surface area contributed by atoms with E-state index in [2.05, 4.69) is 17.3 Å². The van der Waals surface area contributed by atoms with Crippen LogP contribution >= 0.6 is 0 Å². The van der Waals surface area contributed by atoms with Crippen LogP contribution in [0, 0.1) is 16.0 Å². The van der Waals surface area contributed by atoms with Gasteiger partial charge in [0.15, 0.2) is 0 Å². The first kappa shape index (κ1) is 15.8. The summed E-state index contributed by atoms with van der Waals surface area (Å²) in [4.78, 5) is 11.0. The molecule has 1 aliphatic heterocycles. The van der Waals surface area contributed by atoms with Gasteiger partial charge in [0.25, 0.3) is 0 Å². The van der Waals surface area contributed by atoms with Crippen molar-refractivity contribution >= 4 is 11.5 Å². The van der Waals surface area contributed by atoms with Crippen LogP contribution in [0.1, 0.15) is 45.2 Å². The Morgan fingerprint density at radius 2 is 2.29 bits per heavy atom. The zero-order valence-electron chi connectivity index (χ0n) is 13.1. The third-order valence-corrected chi connectivity index (χ3v) is 4.06. The number of hydrogen-bond donors (Lipinski definition) is 1. The molecule has 2 unspecified atom stereocenters. The predicted octanol–water partition coefficient (Wildman–Crippen LogP) is 2.68. The molecule has 0 bridgehead atoms. The lowest BCUT2D eigenvalue weighted by atomic mass is 10.00. The third kappa shape index (κ3) is 3.18. The summed E-state index contributed by atoms with van der Waals surface area (Å²) < 4.78 is 7.23. The fourth-order valence-electron chi connectivity index (χ4n) is 2.91. The molecule has 21 heavy (non-hydrogen) atoms. The van der Waals surface area contributed by atoms with Crippen LogP contribution in [0.15, 0.2) is 0 Å². The van der Waals surface area contributed by atoms with E-state index in [9.17, 15) is 10.1 Å². The first-order chi connectivity index (χ1) is 9.95. The summed E-state index contributed by atoms with van der Waals surface area (Å²) in [5.74, 6) is 0.905. The Balaban J connectivity index is 2.18. The molecule has 0 amide bonds. The Hall–Kier alpha value is -1.63. The molecule has 1 fully saturated rings. The topological polar surface area (TPSA) is 82.2 Å². The molecule has 7 heteroatoms. The summed E-state index contributed by atoms with van der Waals surface area (Å²) in [7, 11) is 1.74. The van der Waals surface area contributed by atoms with Crippen LogP contribution in [0.5, 0.6) is 0 Å². The molecule has 1 aromatic rings. The lowest BCUT2D eigenvalue weighted by Crippen LogP contribution is -2.23. The van der Waals surface area contributed by atoms with Gasteiger partial charge in [0, 0.05) is 32.0 Å². The fraction of sp³-hybridized carbons (Fsp3) is 0.786. The summed E-state index contributed by atoms with van der Waals surface area (Å²) >= 11 is 0. The van der Waals surface area contributed by atoms with Gasteiger partial charge in [0.2, 0.25) is 5.82 Å². The number of rotatable bonds is 6. The smallest absolute Gasteiger partial charge is 0.334 e. The second kappa shape index (κ2) is 6.43. The minimum absolute atomic E-state index is 0.0188. The number of hydrogen-bond acceptors (Lipinski definition) is 5. The van der Waals surface area contributed by atoms with Crippen molar-refractivity contribution in [1.29, 1.82) is 0 Å². The Morgan fingerprint density at radius 1 is 1.57 bits per heavy atom. The van der Waals surface area contributed by atoms with Gasteiger partial charge >= 0.3 is 5.69 Å². The van der Waals surface area contributed by atoms with Crippen LogP contribution in [-0.2, 0) is 11.8 Å². The van der Waals surface area contributed by atoms with Crippen molar-refractivity contribution < 1.29 is 9.66 Å². The highest BCUT2D eigenvalue weighted by molar-refractivity contribution is 5.60. The van der Waals surface area contributed by atoms with E-state index in [1.807, 2.05) is 13.8 Å². The molecular formula is C14H24N4O3. The molecule has 2 heterocycles. The average molecular weight is 296 g/mol. The highest BCUT2D eigenvalue weighted by atomic mass is 16.6. The van der Waals surface area contributed by atoms with E-state index in [-0.39, 0.29) is 22.6 Å². The van der Waals surface area contributed by atoms with E-state index >= 15 is 0 Å². The van der Waals surface area contributed by atoms with Gasteiger partial charge < -0.3 is 10.1 Å². The molecular weight excluding hydrogens is 272 g/mol. The molecule has 2 atom stereocenters. The van der Waals surface area contributed by atoms with Gasteiger partial charge in [-0.3, -0.25) is 10.1 Å². The summed E-state index contributed by atoms with van der Waals surface area (Å²) in [5, 5.41) is 18.9. The quantitative estimate of drug-likeness (QED) is 0.644. The molecule has 1 saturated heterocycles. The summed E-state index contributed by atoms with van der Waals surface area (Å²) in [6.45, 7) is 7.38. The Bertz CT molecular complexity index is 513. The SMILES string of the molecule is CCC1OCCC1CNc1c([N+](=O)[O-])c(C(C)C)nn1C. The van der Waals surface area contributed by atoms with Gasteiger partial charge in [-0.1, -0.05) is 20.8 Å². The average Bonchev–Trinajstić information content (AvgIpc) is 3.00. The van der Waals surface area contributed by atoms with Gasteiger partial charge in [-0.05, 0) is 12.8 Å². The summed E-state index contributed by atoms with van der Waals surface area (Å²) in [6.07, 6.45) is 2.21. The third-order valence-electron chi connectivity index (χ3n) is 4.06. The normalized spacial score (nSPS) is 22.0. The number of aryl methyl sites for hydroxylation is 1. The Labute approximate surface area is 124 Å². The molecule has 0 aliphatic carbocycles. The second-order valence-corrected chi connectivity index (χ2v) is 5.87. The van der Waals surface area contributed by atoms with E-state index in [0.717, 1.165) is 19.4 Å². The lowest BCUT2D eigenvalue weighted by molar-refractivity contribution is -0.384. The maximum atomic E-state index is 11.4. The number of nitrogens with zero attached hydrogens (tertiary/aromatic N) is 3. The van der Waals surface area contributed by atoms with Crippen molar-refractivity contribution in [3.05, 3.63) is 15.8 Å². The predicted molar refractivity (Wildman–Crippen MR) is 80.6 cm³/mol. The largest absolute Gasteiger partial charge is 0.378 e. The van der Waals surface area contributed by atoms with Crippen LogP contribution in [0.4, 0.5) is 11.5 Å². The summed E-state index contributed by atoms with van der Waals surface area (Å²) in [5.41, 5.74) is 0.624. The van der Waals surface area contributed by atoms with Crippen molar-refractivity contribution in [1.82, 2.24) is 9.78 Å². The number of ether oxygens (including phenoxy) is 1. The number of nitro groups is 1. The number of nitrogens with one attached hydrogen (secondary N) is 1. The highest BCUT2D eigenvalue weighted by Gasteiger charge is 2.31. The van der Waals surface area contributed by atoms with Crippen LogP contribution in [0.3, 0.4) is 0 Å². The minimum Gasteiger partial charge on any atom is -0.378 e. The van der Waals surface area contributed by atoms with Gasteiger partial charge in [0.1, 0.15) is 5.69 Å². The van der Waals surface area contributed by atoms with E-state index in [0.29, 0.717) is 24.0 Å². The maximum absolute atomic E-state index is 11.4. The van der Waals surface area contributed by atoms with Crippen molar-refractivity contribution in [3.8, 4) is 0 Å². The van der Waals surface area contributed by atoms with Crippen molar-refractivity contribution in [3.63, 3.8) is 0 Å². The van der Waals surface area contributed by atoms with E-state index < -0.39 is 0 Å². The van der Waals surface area contributed by atoms with Gasteiger partial charge in [-0.2, -0.15) is 5.10 Å². The van der Waals surface area contributed by atoms with Crippen molar-refractivity contribution in [2.24, 2.45) is 13.0 Å². The molecule has 0 saturated carbocycles.